The van der Waals surface area contributed by atoms with Crippen LogP contribution in [0.25, 0.3) is 0 Å². The van der Waals surface area contributed by atoms with E-state index in [0.717, 1.165) is 60.2 Å². The second kappa shape index (κ2) is 8.38. The molecule has 0 spiro atoms. The molecule has 1 aliphatic rings. The van der Waals surface area contributed by atoms with Gasteiger partial charge in [0, 0.05) is 23.1 Å². The van der Waals surface area contributed by atoms with Gasteiger partial charge < -0.3 is 5.32 Å². The smallest absolute Gasteiger partial charge is 0.0452 e. The van der Waals surface area contributed by atoms with E-state index in [1.165, 1.54) is 12.8 Å². The van der Waals surface area contributed by atoms with Crippen LogP contribution in [-0.2, 0) is 6.54 Å². The zero-order valence-electron chi connectivity index (χ0n) is 13.0. The van der Waals surface area contributed by atoms with Gasteiger partial charge in [-0.25, -0.2) is 0 Å². The standard InChI is InChI=1S/C17H26Cl2N2/c1-13(2)9-20-10-14-4-3-7-21(11-14)12-15-8-16(18)5-6-17(15)19/h5-6,8,13-14,20H,3-4,7,9-12H2,1-2H3. The quantitative estimate of drug-likeness (QED) is 0.829. The predicted molar refractivity (Wildman–Crippen MR) is 92.2 cm³/mol. The summed E-state index contributed by atoms with van der Waals surface area (Å²) in [4.78, 5) is 2.50. The fourth-order valence-corrected chi connectivity index (χ4v) is 3.32. The minimum absolute atomic E-state index is 0.718. The van der Waals surface area contributed by atoms with Crippen LogP contribution in [0.5, 0.6) is 0 Å². The molecule has 1 aromatic rings. The molecule has 0 amide bonds. The molecular weight excluding hydrogens is 303 g/mol. The molecule has 21 heavy (non-hydrogen) atoms. The van der Waals surface area contributed by atoms with Gasteiger partial charge in [0.2, 0.25) is 0 Å². The molecule has 0 saturated carbocycles. The highest BCUT2D eigenvalue weighted by Gasteiger charge is 2.20. The summed E-state index contributed by atoms with van der Waals surface area (Å²) < 4.78 is 0. The lowest BCUT2D eigenvalue weighted by atomic mass is 9.97. The lowest BCUT2D eigenvalue weighted by Crippen LogP contribution is -2.39. The van der Waals surface area contributed by atoms with Crippen molar-refractivity contribution in [2.45, 2.75) is 33.2 Å². The Labute approximate surface area is 138 Å². The Hall–Kier alpha value is -0.280. The number of hydrogen-bond donors (Lipinski definition) is 1. The first kappa shape index (κ1) is 17.1. The maximum absolute atomic E-state index is 6.27. The molecule has 1 aromatic carbocycles. The molecule has 1 fully saturated rings. The van der Waals surface area contributed by atoms with Gasteiger partial charge in [0.1, 0.15) is 0 Å². The van der Waals surface area contributed by atoms with Gasteiger partial charge in [-0.1, -0.05) is 37.0 Å². The topological polar surface area (TPSA) is 15.3 Å². The molecule has 1 unspecified atom stereocenters. The second-order valence-corrected chi connectivity index (χ2v) is 7.37. The Kier molecular flexibility index (Phi) is 6.81. The number of halogens is 2. The highest BCUT2D eigenvalue weighted by Crippen LogP contribution is 2.24. The second-order valence-electron chi connectivity index (χ2n) is 6.53. The Morgan fingerprint density at radius 1 is 1.33 bits per heavy atom. The zero-order chi connectivity index (χ0) is 15.2. The third-order valence-electron chi connectivity index (χ3n) is 3.99. The fourth-order valence-electron chi connectivity index (χ4n) is 2.94. The van der Waals surface area contributed by atoms with Gasteiger partial charge in [-0.05, 0) is 68.1 Å². The Morgan fingerprint density at radius 2 is 2.14 bits per heavy atom. The number of piperidine rings is 1. The van der Waals surface area contributed by atoms with Crippen LogP contribution >= 0.6 is 23.2 Å². The van der Waals surface area contributed by atoms with Crippen molar-refractivity contribution < 1.29 is 0 Å². The van der Waals surface area contributed by atoms with E-state index in [9.17, 15) is 0 Å². The Bertz CT molecular complexity index is 448. The average molecular weight is 329 g/mol. The van der Waals surface area contributed by atoms with Crippen molar-refractivity contribution in [1.82, 2.24) is 10.2 Å². The molecule has 118 valence electrons. The van der Waals surface area contributed by atoms with E-state index < -0.39 is 0 Å². The van der Waals surface area contributed by atoms with E-state index in [-0.39, 0.29) is 0 Å². The molecule has 1 heterocycles. The first-order valence-corrected chi connectivity index (χ1v) is 8.67. The minimum atomic E-state index is 0.718. The molecule has 2 nitrogen and oxygen atoms in total. The molecule has 4 heteroatoms. The van der Waals surface area contributed by atoms with Crippen molar-refractivity contribution in [3.8, 4) is 0 Å². The molecule has 1 aliphatic heterocycles. The molecule has 0 radical (unpaired) electrons. The summed E-state index contributed by atoms with van der Waals surface area (Å²) >= 11 is 12.3. The van der Waals surface area contributed by atoms with Gasteiger partial charge in [0.15, 0.2) is 0 Å². The van der Waals surface area contributed by atoms with Crippen molar-refractivity contribution in [3.63, 3.8) is 0 Å². The number of nitrogens with zero attached hydrogens (tertiary/aromatic N) is 1. The van der Waals surface area contributed by atoms with E-state index in [2.05, 4.69) is 24.1 Å². The summed E-state index contributed by atoms with van der Waals surface area (Å²) in [6.45, 7) is 9.94. The van der Waals surface area contributed by atoms with Crippen molar-refractivity contribution in [2.75, 3.05) is 26.2 Å². The van der Waals surface area contributed by atoms with Crippen LogP contribution in [0.1, 0.15) is 32.3 Å². The molecule has 0 aromatic heterocycles. The Morgan fingerprint density at radius 3 is 2.90 bits per heavy atom. The van der Waals surface area contributed by atoms with E-state index in [4.69, 9.17) is 23.2 Å². The van der Waals surface area contributed by atoms with Crippen molar-refractivity contribution in [3.05, 3.63) is 33.8 Å². The lowest BCUT2D eigenvalue weighted by molar-refractivity contribution is 0.165. The van der Waals surface area contributed by atoms with Crippen LogP contribution in [0.15, 0.2) is 18.2 Å². The molecular formula is C17H26Cl2N2. The van der Waals surface area contributed by atoms with E-state index in [1.54, 1.807) is 0 Å². The molecule has 1 N–H and O–H groups in total. The number of likely N-dealkylation sites (tertiary alicyclic amines) is 1. The SMILES string of the molecule is CC(C)CNCC1CCCN(Cc2cc(Cl)ccc2Cl)C1. The van der Waals surface area contributed by atoms with Crippen LogP contribution in [0.4, 0.5) is 0 Å². The third-order valence-corrected chi connectivity index (χ3v) is 4.59. The number of hydrogen-bond acceptors (Lipinski definition) is 2. The van der Waals surface area contributed by atoms with E-state index in [0.29, 0.717) is 0 Å². The number of nitrogens with one attached hydrogen (secondary N) is 1. The highest BCUT2D eigenvalue weighted by atomic mass is 35.5. The van der Waals surface area contributed by atoms with Gasteiger partial charge in [0.05, 0.1) is 0 Å². The molecule has 1 saturated heterocycles. The van der Waals surface area contributed by atoms with Crippen molar-refractivity contribution in [2.24, 2.45) is 11.8 Å². The summed E-state index contributed by atoms with van der Waals surface area (Å²) in [7, 11) is 0. The van der Waals surface area contributed by atoms with Crippen molar-refractivity contribution in [1.29, 1.82) is 0 Å². The molecule has 0 aliphatic carbocycles. The maximum Gasteiger partial charge on any atom is 0.0452 e. The van der Waals surface area contributed by atoms with Crippen LogP contribution < -0.4 is 5.32 Å². The number of benzene rings is 1. The third kappa shape index (κ3) is 5.78. The zero-order valence-corrected chi connectivity index (χ0v) is 14.6. The van der Waals surface area contributed by atoms with Crippen molar-refractivity contribution >= 4 is 23.2 Å². The van der Waals surface area contributed by atoms with Gasteiger partial charge in [-0.15, -0.1) is 0 Å². The van der Waals surface area contributed by atoms with Gasteiger partial charge in [0.25, 0.3) is 0 Å². The molecule has 1 atom stereocenters. The maximum atomic E-state index is 6.27. The predicted octanol–water partition coefficient (Wildman–Crippen LogP) is 4.45. The first-order chi connectivity index (χ1) is 10.0. The summed E-state index contributed by atoms with van der Waals surface area (Å²) in [5.74, 6) is 1.46. The number of rotatable bonds is 6. The van der Waals surface area contributed by atoms with Crippen LogP contribution in [0.3, 0.4) is 0 Å². The average Bonchev–Trinajstić information content (AvgIpc) is 2.43. The van der Waals surface area contributed by atoms with E-state index >= 15 is 0 Å². The highest BCUT2D eigenvalue weighted by molar-refractivity contribution is 6.33. The summed E-state index contributed by atoms with van der Waals surface area (Å²) in [5, 5.41) is 5.17. The van der Waals surface area contributed by atoms with Gasteiger partial charge in [-0.2, -0.15) is 0 Å². The van der Waals surface area contributed by atoms with Gasteiger partial charge >= 0.3 is 0 Å². The van der Waals surface area contributed by atoms with Crippen LogP contribution in [-0.4, -0.2) is 31.1 Å². The largest absolute Gasteiger partial charge is 0.316 e. The molecule has 2 rings (SSSR count). The first-order valence-electron chi connectivity index (χ1n) is 7.91. The van der Waals surface area contributed by atoms with E-state index in [1.807, 2.05) is 18.2 Å². The molecule has 0 bridgehead atoms. The summed E-state index contributed by atoms with van der Waals surface area (Å²) in [5.41, 5.74) is 1.14. The lowest BCUT2D eigenvalue weighted by Gasteiger charge is -2.33. The summed E-state index contributed by atoms with van der Waals surface area (Å²) in [6.07, 6.45) is 2.59. The normalized spacial score (nSPS) is 20.1. The fraction of sp³-hybridized carbons (Fsp3) is 0.647. The van der Waals surface area contributed by atoms with Crippen LogP contribution in [0.2, 0.25) is 10.0 Å². The van der Waals surface area contributed by atoms with Gasteiger partial charge in [-0.3, -0.25) is 4.90 Å². The minimum Gasteiger partial charge on any atom is -0.316 e. The Balaban J connectivity index is 1.84. The summed E-state index contributed by atoms with van der Waals surface area (Å²) in [6, 6.07) is 5.73. The van der Waals surface area contributed by atoms with Crippen LogP contribution in [0, 0.1) is 11.8 Å². The monoisotopic (exact) mass is 328 g/mol.